The molecule has 7 rings (SSSR count). The first-order valence-corrected chi connectivity index (χ1v) is 19.4. The maximum atomic E-state index is 7.14. The fourth-order valence-electron chi connectivity index (χ4n) is 6.75. The first-order valence-electron chi connectivity index (χ1n) is 18.6. The molecule has 1 saturated heterocycles. The van der Waals surface area contributed by atoms with Crippen molar-refractivity contribution < 1.29 is 23.7 Å². The highest BCUT2D eigenvalue weighted by molar-refractivity contribution is 7.12. The molecule has 1 aliphatic heterocycles. The van der Waals surface area contributed by atoms with Gasteiger partial charge in [-0.15, -0.1) is 11.3 Å². The Balaban J connectivity index is 1.22. The topological polar surface area (TPSA) is 46.2 Å². The van der Waals surface area contributed by atoms with Gasteiger partial charge in [-0.3, -0.25) is 0 Å². The maximum Gasteiger partial charge on any atom is 0.121 e. The maximum absolute atomic E-state index is 7.14. The van der Waals surface area contributed by atoms with Crippen LogP contribution in [-0.2, 0) is 63.0 Å². The van der Waals surface area contributed by atoms with Crippen LogP contribution in [0.4, 0.5) is 0 Å². The molecule has 1 aliphatic rings. The highest BCUT2D eigenvalue weighted by Gasteiger charge is 2.49. The van der Waals surface area contributed by atoms with Gasteiger partial charge in [-0.1, -0.05) is 153 Å². The molecule has 272 valence electrons. The minimum Gasteiger partial charge on any atom is -0.374 e. The molecule has 0 N–H and O–H groups in total. The molecule has 0 unspecified atom stereocenters. The van der Waals surface area contributed by atoms with Gasteiger partial charge >= 0.3 is 0 Å². The summed E-state index contributed by atoms with van der Waals surface area (Å²) in [5.41, 5.74) is 7.01. The lowest BCUT2D eigenvalue weighted by Gasteiger charge is -2.46. The second-order valence-corrected chi connectivity index (χ2v) is 14.7. The molecule has 0 spiro atoms. The SMILES string of the molecule is CCc1ccc(Cc2ccc([C@@H]3O[C@H](COCc4ccccc4)[C@@H](OCc4ccccc4)[C@H](OCc4ccccc4)[C@H]3OCc3ccccc3)s2)cc1. The van der Waals surface area contributed by atoms with Gasteiger partial charge in [-0.25, -0.2) is 0 Å². The first kappa shape index (κ1) is 36.9. The third-order valence-electron chi connectivity index (χ3n) is 9.66. The molecule has 5 aromatic carbocycles. The number of thiophene rings is 1. The van der Waals surface area contributed by atoms with E-state index in [0.717, 1.165) is 40.0 Å². The highest BCUT2D eigenvalue weighted by Crippen LogP contribution is 2.41. The molecular formula is C47H48O5S. The Hall–Kier alpha value is -4.40. The highest BCUT2D eigenvalue weighted by atomic mass is 32.1. The molecule has 2 heterocycles. The molecule has 6 aromatic rings. The summed E-state index contributed by atoms with van der Waals surface area (Å²) >= 11 is 1.78. The Labute approximate surface area is 318 Å². The predicted octanol–water partition coefficient (Wildman–Crippen LogP) is 10.3. The molecule has 0 saturated carbocycles. The van der Waals surface area contributed by atoms with Crippen molar-refractivity contribution in [3.05, 3.63) is 201 Å². The summed E-state index contributed by atoms with van der Waals surface area (Å²) < 4.78 is 34.3. The van der Waals surface area contributed by atoms with Crippen molar-refractivity contribution in [3.8, 4) is 0 Å². The van der Waals surface area contributed by atoms with Crippen LogP contribution in [-0.4, -0.2) is 31.0 Å². The smallest absolute Gasteiger partial charge is 0.121 e. The van der Waals surface area contributed by atoms with Gasteiger partial charge in [0, 0.05) is 16.2 Å². The molecule has 1 aromatic heterocycles. The fraction of sp³-hybridized carbons (Fsp3) is 0.277. The fourth-order valence-corrected chi connectivity index (χ4v) is 7.87. The van der Waals surface area contributed by atoms with Crippen LogP contribution >= 0.6 is 11.3 Å². The van der Waals surface area contributed by atoms with Gasteiger partial charge in [-0.2, -0.15) is 0 Å². The van der Waals surface area contributed by atoms with Crippen LogP contribution in [0.5, 0.6) is 0 Å². The quantitative estimate of drug-likeness (QED) is 0.0937. The van der Waals surface area contributed by atoms with Gasteiger partial charge < -0.3 is 23.7 Å². The number of hydrogen-bond donors (Lipinski definition) is 0. The van der Waals surface area contributed by atoms with E-state index in [2.05, 4.69) is 91.9 Å². The van der Waals surface area contributed by atoms with Crippen LogP contribution in [0, 0.1) is 0 Å². The number of ether oxygens (including phenoxy) is 5. The third-order valence-corrected chi connectivity index (χ3v) is 10.8. The Morgan fingerprint density at radius 2 is 0.943 bits per heavy atom. The molecule has 0 amide bonds. The number of hydrogen-bond acceptors (Lipinski definition) is 6. The zero-order chi connectivity index (χ0) is 36.1. The summed E-state index contributed by atoms with van der Waals surface area (Å²) in [5.74, 6) is 0. The number of aryl methyl sites for hydroxylation is 1. The van der Waals surface area contributed by atoms with E-state index >= 15 is 0 Å². The number of benzene rings is 5. The standard InChI is InChI=1S/C47H48O5S/c1-2-35-23-25-36(26-24-35)29-41-27-28-43(53-41)45-47(51-33-40-21-13-6-14-22-40)46(50-32-39-19-11-5-12-20-39)44(49-31-38-17-9-4-10-18-38)42(52-45)34-48-30-37-15-7-3-8-16-37/h3-28,42,44-47H,2,29-34H2,1H3/t42-,44-,45+,46+,47+/m1/s1. The Morgan fingerprint density at radius 1 is 0.472 bits per heavy atom. The van der Waals surface area contributed by atoms with Crippen LogP contribution < -0.4 is 0 Å². The van der Waals surface area contributed by atoms with E-state index in [1.807, 2.05) is 72.8 Å². The lowest BCUT2D eigenvalue weighted by molar-refractivity contribution is -0.274. The summed E-state index contributed by atoms with van der Waals surface area (Å²) in [5, 5.41) is 0. The van der Waals surface area contributed by atoms with Gasteiger partial charge in [0.15, 0.2) is 0 Å². The molecule has 1 fully saturated rings. The molecular weight excluding hydrogens is 677 g/mol. The van der Waals surface area contributed by atoms with Crippen LogP contribution in [0.3, 0.4) is 0 Å². The van der Waals surface area contributed by atoms with Gasteiger partial charge in [0.1, 0.15) is 30.5 Å². The van der Waals surface area contributed by atoms with Crippen LogP contribution in [0.1, 0.15) is 56.2 Å². The van der Waals surface area contributed by atoms with Crippen molar-refractivity contribution >= 4 is 11.3 Å². The van der Waals surface area contributed by atoms with Gasteiger partial charge in [-0.05, 0) is 51.9 Å². The van der Waals surface area contributed by atoms with E-state index < -0.39 is 30.5 Å². The summed E-state index contributed by atoms with van der Waals surface area (Å²) in [7, 11) is 0. The minimum atomic E-state index is -0.469. The Bertz CT molecular complexity index is 1910. The van der Waals surface area contributed by atoms with Gasteiger partial charge in [0.25, 0.3) is 0 Å². The van der Waals surface area contributed by atoms with Crippen molar-refractivity contribution in [1.82, 2.24) is 0 Å². The Kier molecular flexibility index (Phi) is 13.3. The zero-order valence-corrected chi connectivity index (χ0v) is 31.1. The van der Waals surface area contributed by atoms with E-state index in [1.165, 1.54) is 16.0 Å². The zero-order valence-electron chi connectivity index (χ0n) is 30.3. The predicted molar refractivity (Wildman–Crippen MR) is 212 cm³/mol. The summed E-state index contributed by atoms with van der Waals surface area (Å²) in [6.07, 6.45) is -0.314. The molecule has 5 nitrogen and oxygen atoms in total. The van der Waals surface area contributed by atoms with Crippen molar-refractivity contribution in [2.24, 2.45) is 0 Å². The van der Waals surface area contributed by atoms with E-state index in [9.17, 15) is 0 Å². The van der Waals surface area contributed by atoms with Crippen molar-refractivity contribution in [3.63, 3.8) is 0 Å². The Morgan fingerprint density at radius 3 is 1.47 bits per heavy atom. The van der Waals surface area contributed by atoms with E-state index in [1.54, 1.807) is 11.3 Å². The lowest BCUT2D eigenvalue weighted by Crippen LogP contribution is -2.58. The van der Waals surface area contributed by atoms with E-state index in [0.29, 0.717) is 33.0 Å². The summed E-state index contributed by atoms with van der Waals surface area (Å²) in [6.45, 7) is 4.23. The molecule has 0 radical (unpaired) electrons. The van der Waals surface area contributed by atoms with Crippen molar-refractivity contribution in [2.75, 3.05) is 6.61 Å². The number of rotatable bonds is 17. The van der Waals surface area contributed by atoms with Gasteiger partial charge in [0.05, 0.1) is 33.0 Å². The van der Waals surface area contributed by atoms with Crippen molar-refractivity contribution in [1.29, 1.82) is 0 Å². The second kappa shape index (κ2) is 19.1. The van der Waals surface area contributed by atoms with Crippen LogP contribution in [0.15, 0.2) is 158 Å². The third kappa shape index (κ3) is 10.4. The second-order valence-electron chi connectivity index (χ2n) is 13.5. The van der Waals surface area contributed by atoms with Gasteiger partial charge in [0.2, 0.25) is 0 Å². The van der Waals surface area contributed by atoms with Crippen molar-refractivity contribution in [2.45, 2.75) is 76.7 Å². The van der Waals surface area contributed by atoms with Crippen LogP contribution in [0.25, 0.3) is 0 Å². The minimum absolute atomic E-state index is 0.337. The molecule has 6 heteroatoms. The summed E-state index contributed by atoms with van der Waals surface area (Å²) in [6, 6.07) is 54.5. The average molecular weight is 725 g/mol. The lowest BCUT2D eigenvalue weighted by atomic mass is 9.93. The van der Waals surface area contributed by atoms with E-state index in [-0.39, 0.29) is 0 Å². The van der Waals surface area contributed by atoms with Crippen LogP contribution in [0.2, 0.25) is 0 Å². The molecule has 0 aliphatic carbocycles. The monoisotopic (exact) mass is 724 g/mol. The largest absolute Gasteiger partial charge is 0.374 e. The summed E-state index contributed by atoms with van der Waals surface area (Å²) in [4.78, 5) is 2.38. The van der Waals surface area contributed by atoms with E-state index in [4.69, 9.17) is 23.7 Å². The molecule has 5 atom stereocenters. The molecule has 53 heavy (non-hydrogen) atoms. The first-order chi connectivity index (χ1) is 26.2. The average Bonchev–Trinajstić information content (AvgIpc) is 3.68. The molecule has 0 bridgehead atoms. The normalized spacial score (nSPS) is 20.0.